The van der Waals surface area contributed by atoms with Crippen molar-refractivity contribution in [2.75, 3.05) is 0 Å². The molecule has 0 aromatic heterocycles. The first-order valence-electron chi connectivity index (χ1n) is 10.2. The van der Waals surface area contributed by atoms with Gasteiger partial charge in [-0.25, -0.2) is 0 Å². The summed E-state index contributed by atoms with van der Waals surface area (Å²) in [6.07, 6.45) is 0.213. The smallest absolute Gasteiger partial charge is 0.196 e. The third-order valence-electron chi connectivity index (χ3n) is 5.36. The van der Waals surface area contributed by atoms with Crippen LogP contribution >= 0.6 is 0 Å². The standard InChI is InChI=1S/C28H24O2/c29-27(23-15-8-3-9-16-23)28(30)25-18-10-17-24(19-21-11-4-1-5-12-21)26(25)20-22-13-6-2-7-14-22/h1-18,27,29H,19-20H2. The van der Waals surface area contributed by atoms with Crippen molar-refractivity contribution in [3.05, 3.63) is 143 Å². The Labute approximate surface area is 177 Å². The predicted octanol–water partition coefficient (Wildman–Crippen LogP) is 5.78. The monoisotopic (exact) mass is 392 g/mol. The normalized spacial score (nSPS) is 11.8. The number of aliphatic hydroxyl groups is 1. The molecule has 1 N–H and O–H groups in total. The minimum absolute atomic E-state index is 0.262. The largest absolute Gasteiger partial charge is 0.380 e. The minimum Gasteiger partial charge on any atom is -0.380 e. The molecule has 2 nitrogen and oxygen atoms in total. The van der Waals surface area contributed by atoms with Crippen LogP contribution in [0.25, 0.3) is 0 Å². The molecule has 0 aliphatic carbocycles. The second kappa shape index (κ2) is 9.34. The maximum Gasteiger partial charge on any atom is 0.196 e. The van der Waals surface area contributed by atoms with Gasteiger partial charge in [-0.3, -0.25) is 4.79 Å². The molecule has 0 saturated carbocycles. The summed E-state index contributed by atoms with van der Waals surface area (Å²) < 4.78 is 0. The number of hydrogen-bond acceptors (Lipinski definition) is 2. The quantitative estimate of drug-likeness (QED) is 0.405. The summed E-state index contributed by atoms with van der Waals surface area (Å²) in [4.78, 5) is 13.3. The molecule has 4 aromatic rings. The Balaban J connectivity index is 1.75. The summed E-state index contributed by atoms with van der Waals surface area (Å²) in [6, 6.07) is 35.4. The zero-order valence-corrected chi connectivity index (χ0v) is 16.7. The molecule has 0 fully saturated rings. The lowest BCUT2D eigenvalue weighted by Gasteiger charge is -2.17. The van der Waals surface area contributed by atoms with Crippen LogP contribution in [0.5, 0.6) is 0 Å². The van der Waals surface area contributed by atoms with Gasteiger partial charge in [-0.15, -0.1) is 0 Å². The van der Waals surface area contributed by atoms with Gasteiger partial charge in [0.1, 0.15) is 6.10 Å². The van der Waals surface area contributed by atoms with E-state index in [1.165, 1.54) is 5.56 Å². The number of hydrogen-bond donors (Lipinski definition) is 1. The van der Waals surface area contributed by atoms with E-state index < -0.39 is 6.10 Å². The third kappa shape index (κ3) is 4.56. The molecule has 148 valence electrons. The van der Waals surface area contributed by atoms with Crippen LogP contribution in [0.15, 0.2) is 109 Å². The maximum absolute atomic E-state index is 13.3. The molecule has 0 heterocycles. The van der Waals surface area contributed by atoms with E-state index in [4.69, 9.17) is 0 Å². The van der Waals surface area contributed by atoms with Crippen molar-refractivity contribution in [2.45, 2.75) is 18.9 Å². The molecule has 0 saturated heterocycles. The number of carbonyl (C=O) groups is 1. The van der Waals surface area contributed by atoms with Gasteiger partial charge in [0.15, 0.2) is 5.78 Å². The lowest BCUT2D eigenvalue weighted by Crippen LogP contribution is -2.16. The average Bonchev–Trinajstić information content (AvgIpc) is 2.81. The number of benzene rings is 4. The van der Waals surface area contributed by atoms with Crippen LogP contribution in [0.4, 0.5) is 0 Å². The van der Waals surface area contributed by atoms with Gasteiger partial charge in [-0.05, 0) is 40.7 Å². The Morgan fingerprint density at radius 1 is 0.633 bits per heavy atom. The molecule has 4 rings (SSSR count). The topological polar surface area (TPSA) is 37.3 Å². The number of carbonyl (C=O) groups excluding carboxylic acids is 1. The highest BCUT2D eigenvalue weighted by atomic mass is 16.3. The highest BCUT2D eigenvalue weighted by Crippen LogP contribution is 2.26. The third-order valence-corrected chi connectivity index (χ3v) is 5.36. The van der Waals surface area contributed by atoms with Gasteiger partial charge in [0.25, 0.3) is 0 Å². The fraction of sp³-hybridized carbons (Fsp3) is 0.107. The maximum atomic E-state index is 13.3. The van der Waals surface area contributed by atoms with Gasteiger partial charge in [-0.2, -0.15) is 0 Å². The minimum atomic E-state index is -1.17. The van der Waals surface area contributed by atoms with Crippen molar-refractivity contribution < 1.29 is 9.90 Å². The van der Waals surface area contributed by atoms with Crippen LogP contribution in [0.1, 0.15) is 44.3 Å². The second-order valence-electron chi connectivity index (χ2n) is 7.45. The average molecular weight is 392 g/mol. The van der Waals surface area contributed by atoms with Crippen molar-refractivity contribution in [1.82, 2.24) is 0 Å². The Bertz CT molecular complexity index is 1100. The highest BCUT2D eigenvalue weighted by molar-refractivity contribution is 6.01. The number of ketones is 1. The van der Waals surface area contributed by atoms with Crippen molar-refractivity contribution in [2.24, 2.45) is 0 Å². The summed E-state index contributed by atoms with van der Waals surface area (Å²) in [6.45, 7) is 0. The zero-order chi connectivity index (χ0) is 20.8. The van der Waals surface area contributed by atoms with E-state index in [2.05, 4.69) is 30.3 Å². The van der Waals surface area contributed by atoms with Gasteiger partial charge in [0.2, 0.25) is 0 Å². The summed E-state index contributed by atoms with van der Waals surface area (Å²) in [5, 5.41) is 10.8. The van der Waals surface area contributed by atoms with Crippen LogP contribution in [0.3, 0.4) is 0 Å². The fourth-order valence-electron chi connectivity index (χ4n) is 3.79. The number of aliphatic hydroxyl groups excluding tert-OH is 1. The molecule has 0 amide bonds. The molecule has 1 unspecified atom stereocenters. The van der Waals surface area contributed by atoms with Crippen LogP contribution in [-0.2, 0) is 12.8 Å². The first-order valence-corrected chi connectivity index (χ1v) is 10.2. The summed E-state index contributed by atoms with van der Waals surface area (Å²) in [5.41, 5.74) is 5.62. The van der Waals surface area contributed by atoms with Crippen LogP contribution in [0.2, 0.25) is 0 Å². The molecule has 0 bridgehead atoms. The summed E-state index contributed by atoms with van der Waals surface area (Å²) in [5.74, 6) is -0.262. The Morgan fingerprint density at radius 2 is 1.17 bits per heavy atom. The van der Waals surface area contributed by atoms with Crippen molar-refractivity contribution in [1.29, 1.82) is 0 Å². The molecule has 2 heteroatoms. The lowest BCUT2D eigenvalue weighted by atomic mass is 9.87. The Morgan fingerprint density at radius 3 is 1.77 bits per heavy atom. The fourth-order valence-corrected chi connectivity index (χ4v) is 3.79. The second-order valence-corrected chi connectivity index (χ2v) is 7.45. The van der Waals surface area contributed by atoms with Gasteiger partial charge >= 0.3 is 0 Å². The van der Waals surface area contributed by atoms with E-state index in [-0.39, 0.29) is 5.78 Å². The number of Topliss-reactive ketones (excluding diaryl/α,β-unsaturated/α-hetero) is 1. The van der Waals surface area contributed by atoms with E-state index in [9.17, 15) is 9.90 Å². The van der Waals surface area contributed by atoms with Gasteiger partial charge in [-0.1, -0.05) is 109 Å². The molecular formula is C28H24O2. The first-order chi connectivity index (χ1) is 14.7. The van der Waals surface area contributed by atoms with Crippen molar-refractivity contribution >= 4 is 5.78 Å². The molecule has 0 aliphatic heterocycles. The Hall–Kier alpha value is -3.49. The number of rotatable bonds is 7. The van der Waals surface area contributed by atoms with Gasteiger partial charge in [0.05, 0.1) is 0 Å². The molecule has 4 aromatic carbocycles. The first kappa shape index (κ1) is 19.8. The lowest BCUT2D eigenvalue weighted by molar-refractivity contribution is 0.0746. The van der Waals surface area contributed by atoms with E-state index in [0.717, 1.165) is 23.1 Å². The van der Waals surface area contributed by atoms with Crippen LogP contribution in [-0.4, -0.2) is 10.9 Å². The molecule has 0 radical (unpaired) electrons. The van der Waals surface area contributed by atoms with E-state index >= 15 is 0 Å². The van der Waals surface area contributed by atoms with Crippen molar-refractivity contribution in [3.8, 4) is 0 Å². The zero-order valence-electron chi connectivity index (χ0n) is 16.7. The molecule has 1 atom stereocenters. The van der Waals surface area contributed by atoms with Crippen molar-refractivity contribution in [3.63, 3.8) is 0 Å². The summed E-state index contributed by atoms with van der Waals surface area (Å²) in [7, 11) is 0. The molecule has 30 heavy (non-hydrogen) atoms. The highest BCUT2D eigenvalue weighted by Gasteiger charge is 2.23. The van der Waals surface area contributed by atoms with Gasteiger partial charge < -0.3 is 5.11 Å². The SMILES string of the molecule is O=C(c1cccc(Cc2ccccc2)c1Cc1ccccc1)C(O)c1ccccc1. The van der Waals surface area contributed by atoms with Crippen LogP contribution < -0.4 is 0 Å². The van der Waals surface area contributed by atoms with Crippen LogP contribution in [0, 0.1) is 0 Å². The Kier molecular flexibility index (Phi) is 6.17. The summed E-state index contributed by atoms with van der Waals surface area (Å²) >= 11 is 0. The van der Waals surface area contributed by atoms with E-state index in [1.54, 1.807) is 12.1 Å². The molecule has 0 spiro atoms. The molecular weight excluding hydrogens is 368 g/mol. The molecule has 0 aliphatic rings. The van der Waals surface area contributed by atoms with Gasteiger partial charge in [0, 0.05) is 5.56 Å². The van der Waals surface area contributed by atoms with E-state index in [0.29, 0.717) is 17.5 Å². The van der Waals surface area contributed by atoms with E-state index in [1.807, 2.05) is 66.7 Å². The predicted molar refractivity (Wildman–Crippen MR) is 121 cm³/mol.